The number of aromatic amines is 1. The van der Waals surface area contributed by atoms with Crippen LogP contribution in [-0.4, -0.2) is 24.1 Å². The van der Waals surface area contributed by atoms with E-state index in [2.05, 4.69) is 10.3 Å². The van der Waals surface area contributed by atoms with Gasteiger partial charge in [-0.15, -0.1) is 0 Å². The normalized spacial score (nSPS) is 12.8. The van der Waals surface area contributed by atoms with E-state index in [4.69, 9.17) is 16.3 Å². The van der Waals surface area contributed by atoms with Gasteiger partial charge < -0.3 is 9.72 Å². The first-order valence-corrected chi connectivity index (χ1v) is 6.98. The monoisotopic (exact) mass is 294 g/mol. The Morgan fingerprint density at radius 1 is 1.40 bits per heavy atom. The molecule has 0 aliphatic heterocycles. The summed E-state index contributed by atoms with van der Waals surface area (Å²) in [6.07, 6.45) is 0. The number of esters is 1. The zero-order valence-electron chi connectivity index (χ0n) is 11.9. The van der Waals surface area contributed by atoms with Crippen LogP contribution in [0, 0.1) is 5.92 Å². The summed E-state index contributed by atoms with van der Waals surface area (Å²) >= 11 is 6.35. The average Bonchev–Trinajstić information content (AvgIpc) is 2.75. The third-order valence-corrected chi connectivity index (χ3v) is 3.77. The van der Waals surface area contributed by atoms with E-state index in [1.807, 2.05) is 38.1 Å². The summed E-state index contributed by atoms with van der Waals surface area (Å²) in [6.45, 7) is 4.44. The standard InChI is InChI=1S/C15H19ClN2O2/c1-9(2)14(15(19)20-3)17-8-12-13(16)10-6-4-5-7-11(10)18-12/h4-7,9,14,17-18H,8H2,1-3H3/t14-/m0/s1. The zero-order valence-corrected chi connectivity index (χ0v) is 12.6. The smallest absolute Gasteiger partial charge is 0.323 e. The van der Waals surface area contributed by atoms with Crippen LogP contribution >= 0.6 is 11.6 Å². The number of halogens is 1. The molecule has 2 N–H and O–H groups in total. The van der Waals surface area contributed by atoms with Gasteiger partial charge in [-0.2, -0.15) is 0 Å². The number of methoxy groups -OCH3 is 1. The topological polar surface area (TPSA) is 54.1 Å². The van der Waals surface area contributed by atoms with Gasteiger partial charge in [0, 0.05) is 23.1 Å². The van der Waals surface area contributed by atoms with Crippen LogP contribution in [0.4, 0.5) is 0 Å². The molecule has 1 aromatic heterocycles. The summed E-state index contributed by atoms with van der Waals surface area (Å²) in [7, 11) is 1.40. The molecule has 0 saturated carbocycles. The highest BCUT2D eigenvalue weighted by Gasteiger charge is 2.23. The third-order valence-electron chi connectivity index (χ3n) is 3.33. The van der Waals surface area contributed by atoms with Crippen LogP contribution < -0.4 is 5.32 Å². The van der Waals surface area contributed by atoms with Crippen molar-refractivity contribution in [2.75, 3.05) is 7.11 Å². The van der Waals surface area contributed by atoms with Crippen LogP contribution in [0.25, 0.3) is 10.9 Å². The molecule has 2 rings (SSSR count). The second-order valence-corrected chi connectivity index (χ2v) is 5.47. The van der Waals surface area contributed by atoms with E-state index in [0.717, 1.165) is 16.6 Å². The van der Waals surface area contributed by atoms with Crippen molar-refractivity contribution in [1.82, 2.24) is 10.3 Å². The number of carbonyl (C=O) groups excluding carboxylic acids is 1. The Labute approximate surface area is 123 Å². The SMILES string of the molecule is COC(=O)[C@@H](NCc1[nH]c2ccccc2c1Cl)C(C)C. The number of carbonyl (C=O) groups is 1. The molecule has 5 heteroatoms. The van der Waals surface area contributed by atoms with Crippen molar-refractivity contribution >= 4 is 28.5 Å². The Morgan fingerprint density at radius 2 is 2.10 bits per heavy atom. The largest absolute Gasteiger partial charge is 0.468 e. The zero-order chi connectivity index (χ0) is 14.7. The van der Waals surface area contributed by atoms with Crippen LogP contribution in [0.1, 0.15) is 19.5 Å². The Bertz CT molecular complexity index is 607. The molecule has 0 spiro atoms. The molecule has 0 aliphatic carbocycles. The second kappa shape index (κ2) is 6.29. The maximum absolute atomic E-state index is 11.7. The summed E-state index contributed by atoms with van der Waals surface area (Å²) in [5.74, 6) is -0.113. The lowest BCUT2D eigenvalue weighted by atomic mass is 10.0. The molecule has 0 radical (unpaired) electrons. The number of nitrogens with one attached hydrogen (secondary N) is 2. The van der Waals surface area contributed by atoms with Gasteiger partial charge in [0.15, 0.2) is 0 Å². The maximum Gasteiger partial charge on any atom is 0.323 e. The van der Waals surface area contributed by atoms with E-state index in [1.54, 1.807) is 0 Å². The van der Waals surface area contributed by atoms with E-state index < -0.39 is 0 Å². The van der Waals surface area contributed by atoms with Crippen LogP contribution in [0.3, 0.4) is 0 Å². The highest BCUT2D eigenvalue weighted by Crippen LogP contribution is 2.27. The Hall–Kier alpha value is -1.52. The Morgan fingerprint density at radius 3 is 2.70 bits per heavy atom. The van der Waals surface area contributed by atoms with Gasteiger partial charge in [0.25, 0.3) is 0 Å². The molecular formula is C15H19ClN2O2. The summed E-state index contributed by atoms with van der Waals surface area (Å²) in [6, 6.07) is 7.51. The minimum absolute atomic E-state index is 0.144. The fourth-order valence-electron chi connectivity index (χ4n) is 2.22. The average molecular weight is 295 g/mol. The van der Waals surface area contributed by atoms with Crippen molar-refractivity contribution in [2.45, 2.75) is 26.4 Å². The third kappa shape index (κ3) is 2.97. The number of hydrogen-bond acceptors (Lipinski definition) is 3. The molecule has 0 unspecified atom stereocenters. The second-order valence-electron chi connectivity index (χ2n) is 5.09. The summed E-state index contributed by atoms with van der Waals surface area (Å²) in [5.41, 5.74) is 1.87. The van der Waals surface area contributed by atoms with Gasteiger partial charge in [0.2, 0.25) is 0 Å². The molecule has 1 atom stereocenters. The lowest BCUT2D eigenvalue weighted by Crippen LogP contribution is -2.41. The maximum atomic E-state index is 11.7. The molecule has 0 bridgehead atoms. The van der Waals surface area contributed by atoms with Gasteiger partial charge in [0.05, 0.1) is 12.1 Å². The van der Waals surface area contributed by atoms with Gasteiger partial charge in [-0.05, 0) is 12.0 Å². The van der Waals surface area contributed by atoms with E-state index in [1.165, 1.54) is 7.11 Å². The van der Waals surface area contributed by atoms with Crippen molar-refractivity contribution in [2.24, 2.45) is 5.92 Å². The lowest BCUT2D eigenvalue weighted by molar-refractivity contribution is -0.144. The molecule has 0 aliphatic rings. The van der Waals surface area contributed by atoms with Gasteiger partial charge in [-0.25, -0.2) is 0 Å². The minimum atomic E-state index is -0.345. The molecule has 0 amide bonds. The van der Waals surface area contributed by atoms with Crippen molar-refractivity contribution in [3.05, 3.63) is 35.0 Å². The first kappa shape index (κ1) is 14.9. The number of H-pyrrole nitrogens is 1. The predicted octanol–water partition coefficient (Wildman–Crippen LogP) is 3.11. The summed E-state index contributed by atoms with van der Waals surface area (Å²) < 4.78 is 4.81. The molecule has 20 heavy (non-hydrogen) atoms. The first-order valence-electron chi connectivity index (χ1n) is 6.61. The van der Waals surface area contributed by atoms with E-state index >= 15 is 0 Å². The van der Waals surface area contributed by atoms with Crippen LogP contribution in [0.2, 0.25) is 5.02 Å². The fourth-order valence-corrected chi connectivity index (χ4v) is 2.49. The van der Waals surface area contributed by atoms with Gasteiger partial charge in [-0.1, -0.05) is 43.6 Å². The van der Waals surface area contributed by atoms with Gasteiger partial charge in [0.1, 0.15) is 6.04 Å². The summed E-state index contributed by atoms with van der Waals surface area (Å²) in [4.78, 5) is 15.0. The molecule has 0 saturated heterocycles. The molecule has 0 fully saturated rings. The number of ether oxygens (including phenoxy) is 1. The number of rotatable bonds is 5. The Kier molecular flexibility index (Phi) is 4.68. The number of benzene rings is 1. The fraction of sp³-hybridized carbons (Fsp3) is 0.400. The van der Waals surface area contributed by atoms with Crippen LogP contribution in [0.5, 0.6) is 0 Å². The van der Waals surface area contributed by atoms with E-state index in [9.17, 15) is 4.79 Å². The number of fused-ring (bicyclic) bond motifs is 1. The number of aromatic nitrogens is 1. The van der Waals surface area contributed by atoms with Crippen molar-refractivity contribution in [3.63, 3.8) is 0 Å². The number of hydrogen-bond donors (Lipinski definition) is 2. The molecule has 1 aromatic carbocycles. The quantitative estimate of drug-likeness (QED) is 0.833. The predicted molar refractivity (Wildman–Crippen MR) is 80.8 cm³/mol. The summed E-state index contributed by atoms with van der Waals surface area (Å²) in [5, 5.41) is 4.88. The highest BCUT2D eigenvalue weighted by atomic mass is 35.5. The highest BCUT2D eigenvalue weighted by molar-refractivity contribution is 6.36. The molecular weight excluding hydrogens is 276 g/mol. The molecule has 4 nitrogen and oxygen atoms in total. The van der Waals surface area contributed by atoms with E-state index in [-0.39, 0.29) is 17.9 Å². The van der Waals surface area contributed by atoms with Crippen molar-refractivity contribution < 1.29 is 9.53 Å². The van der Waals surface area contributed by atoms with Gasteiger partial charge in [-0.3, -0.25) is 10.1 Å². The Balaban J connectivity index is 2.16. The van der Waals surface area contributed by atoms with Crippen molar-refractivity contribution in [3.8, 4) is 0 Å². The van der Waals surface area contributed by atoms with Gasteiger partial charge >= 0.3 is 5.97 Å². The molecule has 108 valence electrons. The molecule has 1 heterocycles. The minimum Gasteiger partial charge on any atom is -0.468 e. The van der Waals surface area contributed by atoms with Crippen LogP contribution in [-0.2, 0) is 16.1 Å². The van der Waals surface area contributed by atoms with Crippen LogP contribution in [0.15, 0.2) is 24.3 Å². The first-order chi connectivity index (χ1) is 9.54. The molecule has 2 aromatic rings. The van der Waals surface area contributed by atoms with Crippen molar-refractivity contribution in [1.29, 1.82) is 0 Å². The lowest BCUT2D eigenvalue weighted by Gasteiger charge is -2.19. The van der Waals surface area contributed by atoms with E-state index in [0.29, 0.717) is 11.6 Å². The number of para-hydroxylation sites is 1.